The van der Waals surface area contributed by atoms with Crippen molar-refractivity contribution in [3.63, 3.8) is 0 Å². The molecule has 16 heavy (non-hydrogen) atoms. The zero-order valence-corrected chi connectivity index (χ0v) is 9.74. The third-order valence-electron chi connectivity index (χ3n) is 2.86. The highest BCUT2D eigenvalue weighted by Crippen LogP contribution is 2.22. The van der Waals surface area contributed by atoms with E-state index in [0.717, 1.165) is 38.5 Å². The molecule has 0 aromatic heterocycles. The maximum absolute atomic E-state index is 11.7. The zero-order chi connectivity index (χ0) is 11.8. The average Bonchev–Trinajstić information content (AvgIpc) is 2.76. The van der Waals surface area contributed by atoms with Crippen LogP contribution in [0.2, 0.25) is 0 Å². The SMILES string of the molecule is CCCCC(O[C]=O)C(=O)OC1CCCC1. The number of esters is 1. The van der Waals surface area contributed by atoms with Crippen molar-refractivity contribution in [1.29, 1.82) is 0 Å². The van der Waals surface area contributed by atoms with Gasteiger partial charge in [0, 0.05) is 0 Å². The summed E-state index contributed by atoms with van der Waals surface area (Å²) >= 11 is 0. The number of rotatable bonds is 7. The zero-order valence-electron chi connectivity index (χ0n) is 9.74. The molecule has 0 aromatic carbocycles. The summed E-state index contributed by atoms with van der Waals surface area (Å²) in [6.07, 6.45) is 5.65. The van der Waals surface area contributed by atoms with Crippen LogP contribution in [0, 0.1) is 0 Å². The lowest BCUT2D eigenvalue weighted by atomic mass is 10.1. The van der Waals surface area contributed by atoms with E-state index in [9.17, 15) is 9.59 Å². The Morgan fingerprint density at radius 3 is 2.69 bits per heavy atom. The van der Waals surface area contributed by atoms with E-state index in [4.69, 9.17) is 4.74 Å². The van der Waals surface area contributed by atoms with Crippen LogP contribution >= 0.6 is 0 Å². The molecular weight excluding hydrogens is 208 g/mol. The molecule has 1 fully saturated rings. The van der Waals surface area contributed by atoms with Crippen LogP contribution in [0.3, 0.4) is 0 Å². The molecule has 0 bridgehead atoms. The van der Waals surface area contributed by atoms with Crippen molar-refractivity contribution in [2.45, 2.75) is 64.1 Å². The van der Waals surface area contributed by atoms with Gasteiger partial charge in [0.1, 0.15) is 6.10 Å². The summed E-state index contributed by atoms with van der Waals surface area (Å²) in [6, 6.07) is 0. The molecule has 91 valence electrons. The molecule has 4 heteroatoms. The minimum Gasteiger partial charge on any atom is -0.460 e. The van der Waals surface area contributed by atoms with Gasteiger partial charge >= 0.3 is 12.4 Å². The second-order valence-corrected chi connectivity index (χ2v) is 4.18. The number of carbonyl (C=O) groups excluding carboxylic acids is 2. The smallest absolute Gasteiger partial charge is 0.418 e. The molecule has 0 aromatic rings. The van der Waals surface area contributed by atoms with Gasteiger partial charge in [0.15, 0.2) is 6.10 Å². The normalized spacial score (nSPS) is 18.1. The van der Waals surface area contributed by atoms with E-state index >= 15 is 0 Å². The molecule has 1 radical (unpaired) electrons. The first kappa shape index (κ1) is 13.0. The van der Waals surface area contributed by atoms with Gasteiger partial charge < -0.3 is 9.47 Å². The van der Waals surface area contributed by atoms with Crippen LogP contribution in [-0.2, 0) is 19.1 Å². The van der Waals surface area contributed by atoms with Crippen LogP contribution in [0.4, 0.5) is 0 Å². The third kappa shape index (κ3) is 4.21. The van der Waals surface area contributed by atoms with E-state index in [2.05, 4.69) is 4.74 Å². The molecule has 1 aliphatic rings. The standard InChI is InChI=1S/C12H19O4/c1-2-3-8-11(15-9-13)12(14)16-10-6-4-5-7-10/h10-11H,2-8H2,1H3. The van der Waals surface area contributed by atoms with Crippen molar-refractivity contribution in [2.24, 2.45) is 0 Å². The fourth-order valence-electron chi connectivity index (χ4n) is 1.92. The number of hydrogen-bond donors (Lipinski definition) is 0. The quantitative estimate of drug-likeness (QED) is 0.625. The third-order valence-corrected chi connectivity index (χ3v) is 2.86. The molecule has 0 aliphatic heterocycles. The van der Waals surface area contributed by atoms with E-state index in [1.807, 2.05) is 6.92 Å². The van der Waals surface area contributed by atoms with Crippen LogP contribution < -0.4 is 0 Å². The monoisotopic (exact) mass is 227 g/mol. The molecule has 0 amide bonds. The first-order chi connectivity index (χ1) is 7.77. The van der Waals surface area contributed by atoms with Crippen LogP contribution in [0.25, 0.3) is 0 Å². The van der Waals surface area contributed by atoms with E-state index in [1.165, 1.54) is 6.47 Å². The molecule has 4 nitrogen and oxygen atoms in total. The summed E-state index contributed by atoms with van der Waals surface area (Å²) in [5.41, 5.74) is 0. The van der Waals surface area contributed by atoms with Gasteiger partial charge in [-0.05, 0) is 38.5 Å². The maximum atomic E-state index is 11.7. The lowest BCUT2D eigenvalue weighted by Crippen LogP contribution is -2.29. The Kier molecular flexibility index (Phi) is 5.90. The van der Waals surface area contributed by atoms with E-state index in [0.29, 0.717) is 6.42 Å². The van der Waals surface area contributed by atoms with Crippen LogP contribution in [0.5, 0.6) is 0 Å². The van der Waals surface area contributed by atoms with Crippen molar-refractivity contribution < 1.29 is 19.1 Å². The average molecular weight is 227 g/mol. The van der Waals surface area contributed by atoms with Gasteiger partial charge in [-0.25, -0.2) is 9.59 Å². The van der Waals surface area contributed by atoms with Gasteiger partial charge in [-0.15, -0.1) is 0 Å². The highest BCUT2D eigenvalue weighted by Gasteiger charge is 2.26. The summed E-state index contributed by atoms with van der Waals surface area (Å²) in [5, 5.41) is 0. The molecular formula is C12H19O4. The fourth-order valence-corrected chi connectivity index (χ4v) is 1.92. The van der Waals surface area contributed by atoms with Crippen LogP contribution in [-0.4, -0.2) is 24.6 Å². The molecule has 0 spiro atoms. The molecule has 1 unspecified atom stereocenters. The Labute approximate surface area is 96.3 Å². The van der Waals surface area contributed by atoms with Crippen LogP contribution in [0.15, 0.2) is 0 Å². The Bertz CT molecular complexity index is 221. The lowest BCUT2D eigenvalue weighted by Gasteiger charge is -2.16. The molecule has 0 N–H and O–H groups in total. The first-order valence-electron chi connectivity index (χ1n) is 6.01. The van der Waals surface area contributed by atoms with Gasteiger partial charge in [-0.3, -0.25) is 0 Å². The van der Waals surface area contributed by atoms with Crippen molar-refractivity contribution in [1.82, 2.24) is 0 Å². The predicted octanol–water partition coefficient (Wildman–Crippen LogP) is 2.11. The number of ether oxygens (including phenoxy) is 2. The van der Waals surface area contributed by atoms with Gasteiger partial charge in [0.2, 0.25) is 0 Å². The molecule has 1 rings (SSSR count). The number of carbonyl (C=O) groups is 1. The largest absolute Gasteiger partial charge is 0.460 e. The van der Waals surface area contributed by atoms with E-state index in [1.54, 1.807) is 0 Å². The molecule has 1 atom stereocenters. The Hall–Kier alpha value is -1.06. The fraction of sp³-hybridized carbons (Fsp3) is 0.833. The van der Waals surface area contributed by atoms with Crippen molar-refractivity contribution in [3.8, 4) is 0 Å². The minimum atomic E-state index is -0.766. The van der Waals surface area contributed by atoms with E-state index < -0.39 is 12.1 Å². The van der Waals surface area contributed by atoms with Crippen LogP contribution in [0.1, 0.15) is 51.9 Å². The van der Waals surface area contributed by atoms with Gasteiger partial charge in [0.05, 0.1) is 0 Å². The second kappa shape index (κ2) is 7.25. The Balaban J connectivity index is 2.35. The number of hydrogen-bond acceptors (Lipinski definition) is 4. The summed E-state index contributed by atoms with van der Waals surface area (Å²) in [7, 11) is 0. The van der Waals surface area contributed by atoms with Crippen molar-refractivity contribution in [3.05, 3.63) is 0 Å². The highest BCUT2D eigenvalue weighted by atomic mass is 16.6. The second-order valence-electron chi connectivity index (χ2n) is 4.18. The molecule has 0 saturated heterocycles. The summed E-state index contributed by atoms with van der Waals surface area (Å²) < 4.78 is 9.92. The summed E-state index contributed by atoms with van der Waals surface area (Å²) in [6.45, 7) is 3.35. The lowest BCUT2D eigenvalue weighted by molar-refractivity contribution is -0.158. The van der Waals surface area contributed by atoms with Gasteiger partial charge in [0.25, 0.3) is 0 Å². The van der Waals surface area contributed by atoms with Gasteiger partial charge in [-0.1, -0.05) is 13.3 Å². The van der Waals surface area contributed by atoms with Gasteiger partial charge in [-0.2, -0.15) is 0 Å². The first-order valence-corrected chi connectivity index (χ1v) is 6.01. The Morgan fingerprint density at radius 2 is 2.12 bits per heavy atom. The molecule has 1 aliphatic carbocycles. The topological polar surface area (TPSA) is 52.6 Å². The highest BCUT2D eigenvalue weighted by molar-refractivity contribution is 5.76. The molecule has 0 heterocycles. The Morgan fingerprint density at radius 1 is 1.44 bits per heavy atom. The van der Waals surface area contributed by atoms with Crippen molar-refractivity contribution in [2.75, 3.05) is 0 Å². The predicted molar refractivity (Wildman–Crippen MR) is 58.4 cm³/mol. The number of unbranched alkanes of at least 4 members (excludes halogenated alkanes) is 1. The van der Waals surface area contributed by atoms with Crippen molar-refractivity contribution >= 4 is 12.4 Å². The summed E-state index contributed by atoms with van der Waals surface area (Å²) in [4.78, 5) is 21.8. The molecule has 1 saturated carbocycles. The summed E-state index contributed by atoms with van der Waals surface area (Å²) in [5.74, 6) is -0.413. The van der Waals surface area contributed by atoms with E-state index in [-0.39, 0.29) is 6.10 Å². The maximum Gasteiger partial charge on any atom is 0.418 e. The minimum absolute atomic E-state index is 0.0203.